The predicted molar refractivity (Wildman–Crippen MR) is 126 cm³/mol. The van der Waals surface area contributed by atoms with E-state index in [4.69, 9.17) is 4.74 Å². The van der Waals surface area contributed by atoms with Gasteiger partial charge in [-0.25, -0.2) is 8.42 Å². The van der Waals surface area contributed by atoms with Gasteiger partial charge in [0.15, 0.2) is 0 Å². The zero-order valence-corrected chi connectivity index (χ0v) is 20.5. The molecule has 0 aliphatic heterocycles. The van der Waals surface area contributed by atoms with Crippen LogP contribution in [0.1, 0.15) is 57.4 Å². The molecule has 2 aromatic rings. The fourth-order valence-electron chi connectivity index (χ4n) is 3.44. The van der Waals surface area contributed by atoms with E-state index in [9.17, 15) is 13.2 Å². The maximum atomic E-state index is 13.0. The number of sulfonamides is 1. The summed E-state index contributed by atoms with van der Waals surface area (Å²) in [6, 6.07) is 12.1. The summed E-state index contributed by atoms with van der Waals surface area (Å²) in [7, 11) is -2.27. The lowest BCUT2D eigenvalue weighted by atomic mass is 9.86. The Morgan fingerprint density at radius 1 is 1.06 bits per heavy atom. The van der Waals surface area contributed by atoms with Gasteiger partial charge in [-0.2, -0.15) is 0 Å². The lowest BCUT2D eigenvalue weighted by Gasteiger charge is -2.30. The number of hydrogen-bond donors (Lipinski definition) is 1. The monoisotopic (exact) mass is 446 g/mol. The number of nitrogens with zero attached hydrogens (tertiary/aromatic N) is 1. The molecule has 0 radical (unpaired) electrons. The molecule has 0 heterocycles. The van der Waals surface area contributed by atoms with E-state index in [1.54, 1.807) is 19.1 Å². The van der Waals surface area contributed by atoms with Gasteiger partial charge in [-0.3, -0.25) is 9.10 Å². The molecule has 0 aliphatic rings. The number of aryl methyl sites for hydroxylation is 1. The third kappa shape index (κ3) is 6.00. The number of nitrogens with one attached hydrogen (secondary N) is 1. The zero-order chi connectivity index (χ0) is 23.6. The second kappa shape index (κ2) is 9.30. The first kappa shape index (κ1) is 24.7. The highest BCUT2D eigenvalue weighted by Gasteiger charge is 2.32. The van der Waals surface area contributed by atoms with E-state index in [1.165, 1.54) is 12.7 Å². The maximum Gasteiger partial charge on any atom is 0.244 e. The van der Waals surface area contributed by atoms with Crippen LogP contribution in [0.15, 0.2) is 42.5 Å². The molecule has 0 saturated carbocycles. The fourth-order valence-corrected chi connectivity index (χ4v) is 4.61. The van der Waals surface area contributed by atoms with Crippen LogP contribution in [0.4, 0.5) is 5.69 Å². The van der Waals surface area contributed by atoms with Gasteiger partial charge in [0.05, 0.1) is 25.1 Å². The van der Waals surface area contributed by atoms with E-state index in [0.717, 1.165) is 21.7 Å². The van der Waals surface area contributed by atoms with Crippen LogP contribution >= 0.6 is 0 Å². The van der Waals surface area contributed by atoms with Crippen molar-refractivity contribution in [2.75, 3.05) is 17.7 Å². The molecular formula is C24H34N2O4S. The van der Waals surface area contributed by atoms with Crippen LogP contribution in [-0.2, 0) is 20.2 Å². The molecular weight excluding hydrogens is 412 g/mol. The number of hydrogen-bond acceptors (Lipinski definition) is 4. The molecule has 0 fully saturated rings. The van der Waals surface area contributed by atoms with Gasteiger partial charge in [-0.05, 0) is 55.0 Å². The van der Waals surface area contributed by atoms with Gasteiger partial charge in [0.2, 0.25) is 15.9 Å². The van der Waals surface area contributed by atoms with E-state index in [1.807, 2.05) is 32.0 Å². The number of rotatable bonds is 7. The first-order valence-corrected chi connectivity index (χ1v) is 12.2. The Bertz CT molecular complexity index is 1020. The van der Waals surface area contributed by atoms with Crippen molar-refractivity contribution in [3.63, 3.8) is 0 Å². The van der Waals surface area contributed by atoms with Crippen molar-refractivity contribution in [1.82, 2.24) is 5.32 Å². The van der Waals surface area contributed by atoms with Gasteiger partial charge in [0, 0.05) is 0 Å². The standard InChI is InChI=1S/C24H34N2O4S/c1-16-9-14-22(30-7)21(15-16)26(31(8,28)29)18(3)23(27)25-17(2)19-10-12-20(13-11-19)24(4,5)6/h9-15,17-18H,1-8H3,(H,25,27)/t17-,18-/m0/s1. The third-order valence-corrected chi connectivity index (χ3v) is 6.52. The largest absolute Gasteiger partial charge is 0.495 e. The van der Waals surface area contributed by atoms with Gasteiger partial charge >= 0.3 is 0 Å². The molecule has 1 amide bonds. The van der Waals surface area contributed by atoms with E-state index < -0.39 is 16.1 Å². The van der Waals surface area contributed by atoms with Gasteiger partial charge in [-0.15, -0.1) is 0 Å². The molecule has 0 bridgehead atoms. The van der Waals surface area contributed by atoms with E-state index >= 15 is 0 Å². The fraction of sp³-hybridized carbons (Fsp3) is 0.458. The highest BCUT2D eigenvalue weighted by atomic mass is 32.2. The Morgan fingerprint density at radius 3 is 2.13 bits per heavy atom. The Morgan fingerprint density at radius 2 is 1.65 bits per heavy atom. The van der Waals surface area contributed by atoms with Crippen molar-refractivity contribution in [2.24, 2.45) is 0 Å². The summed E-state index contributed by atoms with van der Waals surface area (Å²) in [6.45, 7) is 11.8. The minimum atomic E-state index is -3.74. The number of anilines is 1. The number of methoxy groups -OCH3 is 1. The SMILES string of the molecule is COc1ccc(C)cc1N([C@@H](C)C(=O)N[C@@H](C)c1ccc(C(C)(C)C)cc1)S(C)(=O)=O. The molecule has 2 atom stereocenters. The topological polar surface area (TPSA) is 75.7 Å². The average Bonchev–Trinajstić information content (AvgIpc) is 2.66. The molecule has 2 aromatic carbocycles. The van der Waals surface area contributed by atoms with Crippen molar-refractivity contribution >= 4 is 21.6 Å². The lowest BCUT2D eigenvalue weighted by Crippen LogP contribution is -2.48. The minimum Gasteiger partial charge on any atom is -0.495 e. The number of ether oxygens (including phenoxy) is 1. The van der Waals surface area contributed by atoms with Crippen LogP contribution < -0.4 is 14.4 Å². The van der Waals surface area contributed by atoms with Gasteiger partial charge in [-0.1, -0.05) is 51.1 Å². The Hall–Kier alpha value is -2.54. The molecule has 170 valence electrons. The van der Waals surface area contributed by atoms with Gasteiger partial charge in [0.1, 0.15) is 11.8 Å². The lowest BCUT2D eigenvalue weighted by molar-refractivity contribution is -0.122. The highest BCUT2D eigenvalue weighted by molar-refractivity contribution is 7.92. The summed E-state index contributed by atoms with van der Waals surface area (Å²) in [5, 5.41) is 2.94. The van der Waals surface area contributed by atoms with Crippen molar-refractivity contribution < 1.29 is 17.9 Å². The van der Waals surface area contributed by atoms with Crippen LogP contribution in [0.2, 0.25) is 0 Å². The van der Waals surface area contributed by atoms with Crippen LogP contribution in [-0.4, -0.2) is 33.7 Å². The molecule has 0 aliphatic carbocycles. The number of carbonyl (C=O) groups is 1. The Kier molecular flexibility index (Phi) is 7.42. The van der Waals surface area contributed by atoms with Crippen molar-refractivity contribution in [1.29, 1.82) is 0 Å². The minimum absolute atomic E-state index is 0.0440. The first-order valence-electron chi connectivity index (χ1n) is 10.3. The van der Waals surface area contributed by atoms with E-state index in [0.29, 0.717) is 11.4 Å². The number of carbonyl (C=O) groups excluding carboxylic acids is 1. The van der Waals surface area contributed by atoms with Crippen molar-refractivity contribution in [3.8, 4) is 5.75 Å². The van der Waals surface area contributed by atoms with Crippen molar-refractivity contribution in [2.45, 2.75) is 59.0 Å². The predicted octanol–water partition coefficient (Wildman–Crippen LogP) is 4.33. The summed E-state index contributed by atoms with van der Waals surface area (Å²) in [5.41, 5.74) is 3.41. The molecule has 0 spiro atoms. The van der Waals surface area contributed by atoms with Crippen LogP contribution in [0, 0.1) is 6.92 Å². The molecule has 0 aromatic heterocycles. The third-order valence-electron chi connectivity index (χ3n) is 5.30. The van der Waals surface area contributed by atoms with E-state index in [2.05, 4.69) is 38.2 Å². The molecule has 2 rings (SSSR count). The van der Waals surface area contributed by atoms with Crippen LogP contribution in [0.5, 0.6) is 5.75 Å². The molecule has 7 heteroatoms. The molecule has 6 nitrogen and oxygen atoms in total. The summed E-state index contributed by atoms with van der Waals surface area (Å²) in [4.78, 5) is 13.0. The average molecular weight is 447 g/mol. The highest BCUT2D eigenvalue weighted by Crippen LogP contribution is 2.33. The number of benzene rings is 2. The second-order valence-corrected chi connectivity index (χ2v) is 10.9. The van der Waals surface area contributed by atoms with Crippen molar-refractivity contribution in [3.05, 3.63) is 59.2 Å². The zero-order valence-electron chi connectivity index (χ0n) is 19.7. The second-order valence-electron chi connectivity index (χ2n) is 9.01. The molecule has 31 heavy (non-hydrogen) atoms. The Labute approximate surface area is 186 Å². The normalized spacial score (nSPS) is 13.9. The first-order chi connectivity index (χ1) is 14.3. The van der Waals surface area contributed by atoms with Crippen LogP contribution in [0.25, 0.3) is 0 Å². The molecule has 1 N–H and O–H groups in total. The molecule has 0 saturated heterocycles. The smallest absolute Gasteiger partial charge is 0.244 e. The Balaban J connectivity index is 2.29. The number of amides is 1. The summed E-state index contributed by atoms with van der Waals surface area (Å²) < 4.78 is 31.7. The van der Waals surface area contributed by atoms with E-state index in [-0.39, 0.29) is 17.4 Å². The summed E-state index contributed by atoms with van der Waals surface area (Å²) in [6.07, 6.45) is 1.09. The summed E-state index contributed by atoms with van der Waals surface area (Å²) >= 11 is 0. The summed E-state index contributed by atoms with van der Waals surface area (Å²) in [5.74, 6) is 0.00266. The molecule has 0 unspecified atom stereocenters. The van der Waals surface area contributed by atoms with Gasteiger partial charge < -0.3 is 10.1 Å². The quantitative estimate of drug-likeness (QED) is 0.687. The van der Waals surface area contributed by atoms with Crippen LogP contribution in [0.3, 0.4) is 0 Å². The van der Waals surface area contributed by atoms with Gasteiger partial charge in [0.25, 0.3) is 0 Å². The maximum absolute atomic E-state index is 13.0.